The van der Waals surface area contributed by atoms with Crippen molar-refractivity contribution in [2.45, 2.75) is 84.0 Å². The number of aliphatic hydroxyl groups is 3. The van der Waals surface area contributed by atoms with E-state index in [1.165, 1.54) is 57.8 Å². The molecule has 0 aliphatic heterocycles. The average molecular weight is 288 g/mol. The fraction of sp³-hybridized carbons (Fsp3) is 1.00. The van der Waals surface area contributed by atoms with E-state index in [1.807, 2.05) is 0 Å². The molecule has 0 rings (SSSR count). The van der Waals surface area contributed by atoms with Crippen LogP contribution in [0.4, 0.5) is 0 Å². The normalized spacial score (nSPS) is 12.0. The molecular formula is C17H36O3. The minimum absolute atomic E-state index is 0.127. The van der Waals surface area contributed by atoms with Gasteiger partial charge in [0.05, 0.1) is 19.8 Å². The predicted octanol–water partition coefficient (Wildman–Crippen LogP) is 3.65. The standard InChI is InChI=1S/C17H36O3/c1-2-3-4-5-6-7-8-9-10-11-12-13-17(14-18,15-19)16-20/h18-20H,2-16H2,1H3. The van der Waals surface area contributed by atoms with Crippen LogP contribution in [0.25, 0.3) is 0 Å². The van der Waals surface area contributed by atoms with Crippen LogP contribution in [0.3, 0.4) is 0 Å². The number of rotatable bonds is 15. The highest BCUT2D eigenvalue weighted by atomic mass is 16.3. The van der Waals surface area contributed by atoms with Crippen molar-refractivity contribution in [3.05, 3.63) is 0 Å². The quantitative estimate of drug-likeness (QED) is 0.403. The first-order valence-corrected chi connectivity index (χ1v) is 8.57. The lowest BCUT2D eigenvalue weighted by molar-refractivity contribution is -0.00229. The van der Waals surface area contributed by atoms with Crippen molar-refractivity contribution in [1.29, 1.82) is 0 Å². The smallest absolute Gasteiger partial charge is 0.0531 e. The van der Waals surface area contributed by atoms with Crippen LogP contribution in [-0.2, 0) is 0 Å². The highest BCUT2D eigenvalue weighted by Gasteiger charge is 2.26. The topological polar surface area (TPSA) is 60.7 Å². The number of hydrogen-bond donors (Lipinski definition) is 3. The van der Waals surface area contributed by atoms with Crippen LogP contribution >= 0.6 is 0 Å². The molecule has 0 fully saturated rings. The van der Waals surface area contributed by atoms with Crippen molar-refractivity contribution in [2.75, 3.05) is 19.8 Å². The van der Waals surface area contributed by atoms with E-state index < -0.39 is 5.41 Å². The van der Waals surface area contributed by atoms with Gasteiger partial charge in [0, 0.05) is 5.41 Å². The Morgan fingerprint density at radius 2 is 0.900 bits per heavy atom. The molecule has 0 saturated carbocycles. The lowest BCUT2D eigenvalue weighted by atomic mass is 9.85. The Morgan fingerprint density at radius 3 is 1.25 bits per heavy atom. The van der Waals surface area contributed by atoms with Crippen molar-refractivity contribution in [1.82, 2.24) is 0 Å². The molecule has 0 aromatic rings. The highest BCUT2D eigenvalue weighted by molar-refractivity contribution is 4.76. The molecular weight excluding hydrogens is 252 g/mol. The van der Waals surface area contributed by atoms with Gasteiger partial charge in [-0.1, -0.05) is 77.6 Å². The summed E-state index contributed by atoms with van der Waals surface area (Å²) in [7, 11) is 0. The lowest BCUT2D eigenvalue weighted by Crippen LogP contribution is -2.33. The van der Waals surface area contributed by atoms with E-state index in [2.05, 4.69) is 6.92 Å². The van der Waals surface area contributed by atoms with E-state index in [0.29, 0.717) is 6.42 Å². The molecule has 3 nitrogen and oxygen atoms in total. The Balaban J connectivity index is 3.32. The fourth-order valence-electron chi connectivity index (χ4n) is 2.55. The monoisotopic (exact) mass is 288 g/mol. The molecule has 0 aliphatic carbocycles. The summed E-state index contributed by atoms with van der Waals surface area (Å²) in [6.45, 7) is 1.87. The lowest BCUT2D eigenvalue weighted by Gasteiger charge is -2.27. The zero-order chi connectivity index (χ0) is 15.1. The molecule has 0 aromatic carbocycles. The largest absolute Gasteiger partial charge is 0.396 e. The van der Waals surface area contributed by atoms with Gasteiger partial charge in [-0.3, -0.25) is 0 Å². The van der Waals surface area contributed by atoms with Gasteiger partial charge in [-0.05, 0) is 6.42 Å². The maximum atomic E-state index is 9.22. The Labute approximate surface area is 125 Å². The summed E-state index contributed by atoms with van der Waals surface area (Å²) < 4.78 is 0. The van der Waals surface area contributed by atoms with E-state index in [9.17, 15) is 15.3 Å². The van der Waals surface area contributed by atoms with Crippen molar-refractivity contribution in [3.63, 3.8) is 0 Å². The molecule has 0 radical (unpaired) electrons. The maximum absolute atomic E-state index is 9.22. The molecule has 20 heavy (non-hydrogen) atoms. The van der Waals surface area contributed by atoms with Gasteiger partial charge in [0.25, 0.3) is 0 Å². The van der Waals surface area contributed by atoms with Gasteiger partial charge >= 0.3 is 0 Å². The van der Waals surface area contributed by atoms with Gasteiger partial charge in [0.1, 0.15) is 0 Å². The van der Waals surface area contributed by atoms with Gasteiger partial charge in [0.2, 0.25) is 0 Å². The second kappa shape index (κ2) is 13.8. The van der Waals surface area contributed by atoms with E-state index >= 15 is 0 Å². The average Bonchev–Trinajstić information content (AvgIpc) is 2.49. The Morgan fingerprint density at radius 1 is 0.550 bits per heavy atom. The van der Waals surface area contributed by atoms with Crippen LogP contribution in [-0.4, -0.2) is 35.1 Å². The molecule has 3 N–H and O–H groups in total. The van der Waals surface area contributed by atoms with Crippen LogP contribution in [0.15, 0.2) is 0 Å². The van der Waals surface area contributed by atoms with Crippen LogP contribution in [0.1, 0.15) is 84.0 Å². The van der Waals surface area contributed by atoms with E-state index in [0.717, 1.165) is 12.8 Å². The van der Waals surface area contributed by atoms with Gasteiger partial charge in [-0.25, -0.2) is 0 Å². The van der Waals surface area contributed by atoms with Crippen LogP contribution in [0, 0.1) is 5.41 Å². The zero-order valence-electron chi connectivity index (χ0n) is 13.4. The van der Waals surface area contributed by atoms with Crippen LogP contribution in [0.5, 0.6) is 0 Å². The van der Waals surface area contributed by atoms with Crippen LogP contribution in [0.2, 0.25) is 0 Å². The molecule has 122 valence electrons. The van der Waals surface area contributed by atoms with Gasteiger partial charge in [-0.2, -0.15) is 0 Å². The first-order valence-electron chi connectivity index (χ1n) is 8.57. The molecule has 0 bridgehead atoms. The number of unbranched alkanes of at least 4 members (excludes halogenated alkanes) is 10. The van der Waals surface area contributed by atoms with Gasteiger partial charge < -0.3 is 15.3 Å². The third-order valence-corrected chi connectivity index (χ3v) is 4.32. The van der Waals surface area contributed by atoms with Gasteiger partial charge in [0.15, 0.2) is 0 Å². The fourth-order valence-corrected chi connectivity index (χ4v) is 2.55. The van der Waals surface area contributed by atoms with Crippen molar-refractivity contribution in [2.24, 2.45) is 5.41 Å². The van der Waals surface area contributed by atoms with E-state index in [-0.39, 0.29) is 19.8 Å². The summed E-state index contributed by atoms with van der Waals surface area (Å²) in [5.41, 5.74) is -0.667. The molecule has 0 atom stereocenters. The van der Waals surface area contributed by atoms with Gasteiger partial charge in [-0.15, -0.1) is 0 Å². The second-order valence-corrected chi connectivity index (χ2v) is 6.26. The molecule has 0 saturated heterocycles. The Bertz CT molecular complexity index is 182. The predicted molar refractivity (Wildman–Crippen MR) is 84.8 cm³/mol. The molecule has 3 heteroatoms. The summed E-state index contributed by atoms with van der Waals surface area (Å²) in [5.74, 6) is 0. The molecule has 0 aliphatic rings. The second-order valence-electron chi connectivity index (χ2n) is 6.26. The first kappa shape index (κ1) is 19.9. The Kier molecular flexibility index (Phi) is 13.8. The molecule has 0 heterocycles. The third kappa shape index (κ3) is 9.73. The maximum Gasteiger partial charge on any atom is 0.0531 e. The minimum Gasteiger partial charge on any atom is -0.396 e. The van der Waals surface area contributed by atoms with E-state index in [1.54, 1.807) is 0 Å². The van der Waals surface area contributed by atoms with E-state index in [4.69, 9.17) is 0 Å². The molecule has 0 spiro atoms. The summed E-state index contributed by atoms with van der Waals surface area (Å²) >= 11 is 0. The van der Waals surface area contributed by atoms with Crippen molar-refractivity contribution in [3.8, 4) is 0 Å². The summed E-state index contributed by atoms with van der Waals surface area (Å²) in [6.07, 6.45) is 14.9. The number of aliphatic hydroxyl groups excluding tert-OH is 3. The minimum atomic E-state index is -0.667. The van der Waals surface area contributed by atoms with Crippen molar-refractivity contribution < 1.29 is 15.3 Å². The van der Waals surface area contributed by atoms with Crippen LogP contribution < -0.4 is 0 Å². The summed E-state index contributed by atoms with van der Waals surface area (Å²) in [6, 6.07) is 0. The third-order valence-electron chi connectivity index (χ3n) is 4.32. The molecule has 0 aromatic heterocycles. The first-order chi connectivity index (χ1) is 9.74. The summed E-state index contributed by atoms with van der Waals surface area (Å²) in [4.78, 5) is 0. The summed E-state index contributed by atoms with van der Waals surface area (Å²) in [5, 5.41) is 27.7. The highest BCUT2D eigenvalue weighted by Crippen LogP contribution is 2.24. The number of hydrogen-bond acceptors (Lipinski definition) is 3. The Hall–Kier alpha value is -0.120. The van der Waals surface area contributed by atoms with Crippen molar-refractivity contribution >= 4 is 0 Å². The zero-order valence-corrected chi connectivity index (χ0v) is 13.4. The SMILES string of the molecule is CCCCCCCCCCCCCC(CO)(CO)CO. The molecule has 0 amide bonds. The molecule has 0 unspecified atom stereocenters.